The first kappa shape index (κ1) is 21.0. The maximum atomic E-state index is 6.15. The number of piperidine rings is 1. The van der Waals surface area contributed by atoms with E-state index in [4.69, 9.17) is 23.8 Å². The summed E-state index contributed by atoms with van der Waals surface area (Å²) in [7, 11) is 0. The first-order chi connectivity index (χ1) is 13.1. The van der Waals surface area contributed by atoms with Gasteiger partial charge in [0.05, 0.1) is 12.2 Å². The fourth-order valence-corrected chi connectivity index (χ4v) is 4.80. The molecule has 0 atom stereocenters. The van der Waals surface area contributed by atoms with Crippen molar-refractivity contribution in [1.29, 1.82) is 0 Å². The van der Waals surface area contributed by atoms with E-state index in [0.29, 0.717) is 22.7 Å². The SMILES string of the molecule is CC1(C)CC(N(Cc2ccccn2)C(=S)Nc2cccc(Cl)c2)CC(C)(C)N1. The standard InChI is InChI=1S/C22H29ClN4S/c1-21(2)13-19(14-22(3,4)26-21)27(15-18-9-5-6-11-24-18)20(28)25-17-10-7-8-16(23)12-17/h5-12,19,26H,13-15H2,1-4H3,(H,25,28). The monoisotopic (exact) mass is 416 g/mol. The summed E-state index contributed by atoms with van der Waals surface area (Å²) >= 11 is 12.0. The fourth-order valence-electron chi connectivity index (χ4n) is 4.28. The van der Waals surface area contributed by atoms with Crippen LogP contribution in [-0.2, 0) is 6.54 Å². The van der Waals surface area contributed by atoms with Gasteiger partial charge in [-0.1, -0.05) is 23.7 Å². The summed E-state index contributed by atoms with van der Waals surface area (Å²) in [5.41, 5.74) is 1.96. The molecule has 1 saturated heterocycles. The first-order valence-electron chi connectivity index (χ1n) is 9.66. The van der Waals surface area contributed by atoms with Gasteiger partial charge in [-0.15, -0.1) is 0 Å². The molecule has 4 nitrogen and oxygen atoms in total. The van der Waals surface area contributed by atoms with Gasteiger partial charge in [-0.2, -0.15) is 0 Å². The zero-order valence-corrected chi connectivity index (χ0v) is 18.6. The molecule has 2 aromatic rings. The first-order valence-corrected chi connectivity index (χ1v) is 10.4. The Labute approximate surface area is 178 Å². The third-order valence-corrected chi connectivity index (χ3v) is 5.58. The minimum Gasteiger partial charge on any atom is -0.340 e. The summed E-state index contributed by atoms with van der Waals surface area (Å²) in [5.74, 6) is 0. The number of anilines is 1. The van der Waals surface area contributed by atoms with Crippen LogP contribution in [-0.4, -0.2) is 32.1 Å². The maximum absolute atomic E-state index is 6.15. The number of hydrogen-bond donors (Lipinski definition) is 2. The van der Waals surface area contributed by atoms with E-state index < -0.39 is 0 Å². The van der Waals surface area contributed by atoms with E-state index in [2.05, 4.69) is 48.2 Å². The molecule has 0 aliphatic carbocycles. The van der Waals surface area contributed by atoms with Crippen LogP contribution in [0.5, 0.6) is 0 Å². The molecule has 1 aromatic carbocycles. The van der Waals surface area contributed by atoms with E-state index in [1.165, 1.54) is 0 Å². The highest BCUT2D eigenvalue weighted by Crippen LogP contribution is 2.32. The van der Waals surface area contributed by atoms with Crippen molar-refractivity contribution in [2.24, 2.45) is 0 Å². The summed E-state index contributed by atoms with van der Waals surface area (Å²) in [6, 6.07) is 14.0. The van der Waals surface area contributed by atoms with Gasteiger partial charge >= 0.3 is 0 Å². The molecule has 28 heavy (non-hydrogen) atoms. The largest absolute Gasteiger partial charge is 0.340 e. The number of aromatic nitrogens is 1. The van der Waals surface area contributed by atoms with E-state index in [9.17, 15) is 0 Å². The van der Waals surface area contributed by atoms with Crippen LogP contribution in [0, 0.1) is 0 Å². The molecule has 150 valence electrons. The lowest BCUT2D eigenvalue weighted by atomic mass is 9.79. The molecule has 2 heterocycles. The van der Waals surface area contributed by atoms with Gasteiger partial charge in [0.1, 0.15) is 0 Å². The molecule has 1 fully saturated rings. The second-order valence-electron chi connectivity index (χ2n) is 8.84. The number of nitrogens with one attached hydrogen (secondary N) is 2. The molecular weight excluding hydrogens is 388 g/mol. The van der Waals surface area contributed by atoms with E-state index in [1.54, 1.807) is 0 Å². The van der Waals surface area contributed by atoms with Crippen LogP contribution < -0.4 is 10.6 Å². The van der Waals surface area contributed by atoms with Gasteiger partial charge in [0, 0.05) is 34.0 Å². The van der Waals surface area contributed by atoms with Crippen LogP contribution in [0.25, 0.3) is 0 Å². The molecule has 1 aliphatic heterocycles. The molecule has 0 amide bonds. The minimum absolute atomic E-state index is 0.0282. The van der Waals surface area contributed by atoms with Gasteiger partial charge in [-0.25, -0.2) is 0 Å². The topological polar surface area (TPSA) is 40.2 Å². The lowest BCUT2D eigenvalue weighted by molar-refractivity contribution is 0.101. The smallest absolute Gasteiger partial charge is 0.174 e. The van der Waals surface area contributed by atoms with E-state index in [1.807, 2.05) is 48.7 Å². The molecule has 2 N–H and O–H groups in total. The van der Waals surface area contributed by atoms with Crippen LogP contribution in [0.1, 0.15) is 46.2 Å². The minimum atomic E-state index is 0.0282. The highest BCUT2D eigenvalue weighted by atomic mass is 35.5. The molecule has 1 aliphatic rings. The Hall–Kier alpha value is -1.69. The van der Waals surface area contributed by atoms with E-state index in [0.717, 1.165) is 24.2 Å². The Morgan fingerprint density at radius 2 is 1.89 bits per heavy atom. The quantitative estimate of drug-likeness (QED) is 0.666. The second-order valence-corrected chi connectivity index (χ2v) is 9.67. The van der Waals surface area contributed by atoms with Gasteiger partial charge in [-0.05, 0) is 83.1 Å². The van der Waals surface area contributed by atoms with Gasteiger partial charge in [0.25, 0.3) is 0 Å². The Balaban J connectivity index is 1.87. The highest BCUT2D eigenvalue weighted by Gasteiger charge is 2.40. The lowest BCUT2D eigenvalue weighted by Crippen LogP contribution is -2.63. The lowest BCUT2D eigenvalue weighted by Gasteiger charge is -2.50. The van der Waals surface area contributed by atoms with Crippen molar-refractivity contribution in [3.63, 3.8) is 0 Å². The van der Waals surface area contributed by atoms with Crippen LogP contribution in [0.3, 0.4) is 0 Å². The Morgan fingerprint density at radius 3 is 2.50 bits per heavy atom. The summed E-state index contributed by atoms with van der Waals surface area (Å²) in [6.45, 7) is 9.70. The Morgan fingerprint density at radius 1 is 1.18 bits per heavy atom. The molecule has 0 saturated carbocycles. The normalized spacial score (nSPS) is 18.5. The molecule has 0 unspecified atom stereocenters. The zero-order chi connectivity index (χ0) is 20.4. The van der Waals surface area contributed by atoms with Crippen molar-refractivity contribution >= 4 is 34.6 Å². The van der Waals surface area contributed by atoms with Crippen molar-refractivity contribution in [3.05, 3.63) is 59.4 Å². The number of pyridine rings is 1. The van der Waals surface area contributed by atoms with Crippen molar-refractivity contribution in [2.45, 2.75) is 64.2 Å². The Bertz CT molecular complexity index is 806. The van der Waals surface area contributed by atoms with Gasteiger partial charge < -0.3 is 15.5 Å². The van der Waals surface area contributed by atoms with Crippen molar-refractivity contribution in [2.75, 3.05) is 5.32 Å². The Kier molecular flexibility index (Phi) is 6.28. The fraction of sp³-hybridized carbons (Fsp3) is 0.455. The number of rotatable bonds is 4. The molecule has 3 rings (SSSR count). The highest BCUT2D eigenvalue weighted by molar-refractivity contribution is 7.80. The average molecular weight is 417 g/mol. The third kappa shape index (κ3) is 5.66. The van der Waals surface area contributed by atoms with Gasteiger partial charge in [-0.3, -0.25) is 4.98 Å². The van der Waals surface area contributed by atoms with Crippen molar-refractivity contribution in [1.82, 2.24) is 15.2 Å². The van der Waals surface area contributed by atoms with Crippen molar-refractivity contribution in [3.8, 4) is 0 Å². The number of hydrogen-bond acceptors (Lipinski definition) is 3. The average Bonchev–Trinajstić information content (AvgIpc) is 2.57. The van der Waals surface area contributed by atoms with Crippen molar-refractivity contribution < 1.29 is 0 Å². The van der Waals surface area contributed by atoms with Crippen LogP contribution in [0.15, 0.2) is 48.7 Å². The second kappa shape index (κ2) is 8.36. The van der Waals surface area contributed by atoms with Gasteiger partial charge in [0.15, 0.2) is 5.11 Å². The summed E-state index contributed by atoms with van der Waals surface area (Å²) < 4.78 is 0. The number of thiocarbonyl (C=S) groups is 1. The van der Waals surface area contributed by atoms with Crippen LogP contribution in [0.2, 0.25) is 5.02 Å². The number of halogens is 1. The number of nitrogens with zero attached hydrogens (tertiary/aromatic N) is 2. The molecule has 6 heteroatoms. The molecule has 0 bridgehead atoms. The molecule has 0 spiro atoms. The number of benzene rings is 1. The summed E-state index contributed by atoms with van der Waals surface area (Å²) in [5, 5.41) is 8.52. The zero-order valence-electron chi connectivity index (χ0n) is 17.0. The molecule has 1 aromatic heterocycles. The maximum Gasteiger partial charge on any atom is 0.174 e. The van der Waals surface area contributed by atoms with E-state index >= 15 is 0 Å². The predicted octanol–water partition coefficient (Wildman–Crippen LogP) is 5.24. The molecule has 0 radical (unpaired) electrons. The van der Waals surface area contributed by atoms with E-state index in [-0.39, 0.29) is 11.1 Å². The summed E-state index contributed by atoms with van der Waals surface area (Å²) in [6.07, 6.45) is 3.83. The van der Waals surface area contributed by atoms with Gasteiger partial charge in [0.2, 0.25) is 0 Å². The molecular formula is C22H29ClN4S. The predicted molar refractivity (Wildman–Crippen MR) is 122 cm³/mol. The van der Waals surface area contributed by atoms with Crippen LogP contribution >= 0.6 is 23.8 Å². The van der Waals surface area contributed by atoms with Crippen LogP contribution in [0.4, 0.5) is 5.69 Å². The third-order valence-electron chi connectivity index (χ3n) is 5.00. The summed E-state index contributed by atoms with van der Waals surface area (Å²) in [4.78, 5) is 6.80.